The monoisotopic (exact) mass is 252 g/mol. The molecule has 0 heterocycles. The van der Waals surface area contributed by atoms with Gasteiger partial charge in [-0.15, -0.1) is 0 Å². The predicted molar refractivity (Wildman–Crippen MR) is 72.2 cm³/mol. The van der Waals surface area contributed by atoms with Gasteiger partial charge in [0.15, 0.2) is 0 Å². The van der Waals surface area contributed by atoms with Crippen molar-refractivity contribution in [1.29, 1.82) is 0 Å². The second kappa shape index (κ2) is 6.83. The van der Waals surface area contributed by atoms with Gasteiger partial charge in [-0.3, -0.25) is 10.1 Å². The van der Waals surface area contributed by atoms with Gasteiger partial charge in [-0.2, -0.15) is 0 Å². The van der Waals surface area contributed by atoms with E-state index in [0.29, 0.717) is 11.7 Å². The highest BCUT2D eigenvalue weighted by Crippen LogP contribution is 2.26. The zero-order chi connectivity index (χ0) is 13.5. The first-order valence-electron chi connectivity index (χ1n) is 6.18. The maximum absolute atomic E-state index is 10.8. The van der Waals surface area contributed by atoms with E-state index in [0.717, 1.165) is 25.1 Å². The Morgan fingerprint density at radius 2 is 2.00 bits per heavy atom. The lowest BCUT2D eigenvalue weighted by molar-refractivity contribution is -0.384. The van der Waals surface area contributed by atoms with Gasteiger partial charge in [-0.1, -0.05) is 26.7 Å². The molecule has 0 radical (unpaired) electrons. The Bertz CT molecular complexity index is 403. The summed E-state index contributed by atoms with van der Waals surface area (Å²) in [7, 11) is 1.50. The van der Waals surface area contributed by atoms with Crippen LogP contribution in [0.3, 0.4) is 0 Å². The predicted octanol–water partition coefficient (Wildman–Crippen LogP) is 3.45. The number of nitrogens with zero attached hydrogens (tertiary/aromatic N) is 1. The van der Waals surface area contributed by atoms with E-state index in [9.17, 15) is 10.1 Å². The quantitative estimate of drug-likeness (QED) is 0.596. The molecular weight excluding hydrogens is 232 g/mol. The minimum Gasteiger partial charge on any atom is -0.496 e. The molecule has 0 spiro atoms. The largest absolute Gasteiger partial charge is 0.496 e. The Balaban J connectivity index is 2.81. The van der Waals surface area contributed by atoms with Crippen molar-refractivity contribution in [2.45, 2.75) is 26.7 Å². The van der Waals surface area contributed by atoms with Crippen molar-refractivity contribution in [2.75, 3.05) is 19.0 Å². The van der Waals surface area contributed by atoms with E-state index in [1.54, 1.807) is 6.07 Å². The van der Waals surface area contributed by atoms with Crippen LogP contribution in [0, 0.1) is 16.0 Å². The standard InChI is InChI=1S/C13H20N2O3/c1-4-10(5-2)9-14-11-6-12(15(16)17)8-13(7-11)18-3/h6-8,10,14H,4-5,9H2,1-3H3. The van der Waals surface area contributed by atoms with Crippen molar-refractivity contribution in [3.63, 3.8) is 0 Å². The molecule has 1 aromatic rings. The van der Waals surface area contributed by atoms with Crippen LogP contribution in [0.2, 0.25) is 0 Å². The van der Waals surface area contributed by atoms with E-state index in [-0.39, 0.29) is 5.69 Å². The molecule has 0 amide bonds. The lowest BCUT2D eigenvalue weighted by atomic mass is 10.0. The molecule has 0 aliphatic heterocycles. The molecule has 0 saturated heterocycles. The number of benzene rings is 1. The topological polar surface area (TPSA) is 64.4 Å². The summed E-state index contributed by atoms with van der Waals surface area (Å²) >= 11 is 0. The number of methoxy groups -OCH3 is 1. The van der Waals surface area contributed by atoms with Crippen LogP contribution < -0.4 is 10.1 Å². The summed E-state index contributed by atoms with van der Waals surface area (Å²) < 4.78 is 5.06. The first-order valence-corrected chi connectivity index (χ1v) is 6.18. The van der Waals surface area contributed by atoms with E-state index in [1.807, 2.05) is 0 Å². The molecule has 0 atom stereocenters. The Labute approximate surface area is 107 Å². The molecule has 18 heavy (non-hydrogen) atoms. The summed E-state index contributed by atoms with van der Waals surface area (Å²) in [5.74, 6) is 1.08. The van der Waals surface area contributed by atoms with Crippen LogP contribution in [0.25, 0.3) is 0 Å². The highest BCUT2D eigenvalue weighted by atomic mass is 16.6. The van der Waals surface area contributed by atoms with Gasteiger partial charge in [0.05, 0.1) is 18.1 Å². The average molecular weight is 252 g/mol. The fourth-order valence-corrected chi connectivity index (χ4v) is 1.75. The third kappa shape index (κ3) is 3.91. The fourth-order valence-electron chi connectivity index (χ4n) is 1.75. The molecule has 5 nitrogen and oxygen atoms in total. The third-order valence-corrected chi connectivity index (χ3v) is 3.09. The van der Waals surface area contributed by atoms with Gasteiger partial charge in [-0.05, 0) is 5.92 Å². The van der Waals surface area contributed by atoms with Crippen molar-refractivity contribution >= 4 is 11.4 Å². The van der Waals surface area contributed by atoms with Gasteiger partial charge in [0.25, 0.3) is 5.69 Å². The van der Waals surface area contributed by atoms with Crippen molar-refractivity contribution in [3.05, 3.63) is 28.3 Å². The van der Waals surface area contributed by atoms with Crippen LogP contribution in [0.4, 0.5) is 11.4 Å². The molecule has 0 aliphatic carbocycles. The van der Waals surface area contributed by atoms with Crippen molar-refractivity contribution < 1.29 is 9.66 Å². The highest BCUT2D eigenvalue weighted by molar-refractivity contribution is 5.56. The molecule has 1 rings (SSSR count). The Morgan fingerprint density at radius 3 is 2.50 bits per heavy atom. The van der Waals surface area contributed by atoms with E-state index in [1.165, 1.54) is 19.2 Å². The first kappa shape index (κ1) is 14.3. The van der Waals surface area contributed by atoms with E-state index >= 15 is 0 Å². The molecule has 5 heteroatoms. The Kier molecular flexibility index (Phi) is 5.42. The van der Waals surface area contributed by atoms with Gasteiger partial charge in [-0.25, -0.2) is 0 Å². The molecule has 100 valence electrons. The first-order chi connectivity index (χ1) is 8.60. The number of nitro benzene ring substituents is 1. The molecule has 1 N–H and O–H groups in total. The summed E-state index contributed by atoms with van der Waals surface area (Å²) in [6.07, 6.45) is 2.19. The second-order valence-corrected chi connectivity index (χ2v) is 4.24. The molecular formula is C13H20N2O3. The molecule has 0 fully saturated rings. The number of rotatable bonds is 7. The number of hydrogen-bond acceptors (Lipinski definition) is 4. The van der Waals surface area contributed by atoms with E-state index in [2.05, 4.69) is 19.2 Å². The molecule has 0 aliphatic rings. The van der Waals surface area contributed by atoms with Gasteiger partial charge >= 0.3 is 0 Å². The van der Waals surface area contributed by atoms with Gasteiger partial charge in [0, 0.05) is 24.4 Å². The molecule has 0 aromatic heterocycles. The maximum Gasteiger partial charge on any atom is 0.275 e. The van der Waals surface area contributed by atoms with Crippen LogP contribution >= 0.6 is 0 Å². The van der Waals surface area contributed by atoms with Crippen LogP contribution in [0.5, 0.6) is 5.75 Å². The lowest BCUT2D eigenvalue weighted by Crippen LogP contribution is -2.12. The molecule has 0 saturated carbocycles. The maximum atomic E-state index is 10.8. The van der Waals surface area contributed by atoms with Crippen LogP contribution in [0.15, 0.2) is 18.2 Å². The van der Waals surface area contributed by atoms with Crippen LogP contribution in [0.1, 0.15) is 26.7 Å². The molecule has 0 unspecified atom stereocenters. The number of nitro groups is 1. The number of anilines is 1. The summed E-state index contributed by atoms with van der Waals surface area (Å²) in [5, 5.41) is 14.0. The van der Waals surface area contributed by atoms with Crippen molar-refractivity contribution in [2.24, 2.45) is 5.92 Å². The summed E-state index contributed by atoms with van der Waals surface area (Å²) in [6, 6.07) is 4.72. The smallest absolute Gasteiger partial charge is 0.275 e. The Morgan fingerprint density at radius 1 is 1.33 bits per heavy atom. The van der Waals surface area contributed by atoms with E-state index in [4.69, 9.17) is 4.74 Å². The number of non-ortho nitro benzene ring substituents is 1. The second-order valence-electron chi connectivity index (χ2n) is 4.24. The van der Waals surface area contributed by atoms with E-state index < -0.39 is 4.92 Å². The van der Waals surface area contributed by atoms with Gasteiger partial charge in [0.2, 0.25) is 0 Å². The number of hydrogen-bond donors (Lipinski definition) is 1. The zero-order valence-electron chi connectivity index (χ0n) is 11.1. The summed E-state index contributed by atoms with van der Waals surface area (Å²) in [6.45, 7) is 5.10. The van der Waals surface area contributed by atoms with Crippen molar-refractivity contribution in [3.8, 4) is 5.75 Å². The van der Waals surface area contributed by atoms with Gasteiger partial charge < -0.3 is 10.1 Å². The number of nitrogens with one attached hydrogen (secondary N) is 1. The highest BCUT2D eigenvalue weighted by Gasteiger charge is 2.11. The normalized spacial score (nSPS) is 10.4. The van der Waals surface area contributed by atoms with Gasteiger partial charge in [0.1, 0.15) is 5.75 Å². The third-order valence-electron chi connectivity index (χ3n) is 3.09. The van der Waals surface area contributed by atoms with Crippen LogP contribution in [-0.2, 0) is 0 Å². The molecule has 0 bridgehead atoms. The molecule has 1 aromatic carbocycles. The Hall–Kier alpha value is -1.78. The zero-order valence-corrected chi connectivity index (χ0v) is 11.1. The average Bonchev–Trinajstić information content (AvgIpc) is 2.39. The summed E-state index contributed by atoms with van der Waals surface area (Å²) in [4.78, 5) is 10.4. The number of ether oxygens (including phenoxy) is 1. The minimum absolute atomic E-state index is 0.0430. The lowest BCUT2D eigenvalue weighted by Gasteiger charge is -2.14. The SMILES string of the molecule is CCC(CC)CNc1cc(OC)cc([N+](=O)[O-])c1. The minimum atomic E-state index is -0.412. The van der Waals surface area contributed by atoms with Crippen LogP contribution in [-0.4, -0.2) is 18.6 Å². The fraction of sp³-hybridized carbons (Fsp3) is 0.538. The summed E-state index contributed by atoms with van der Waals surface area (Å²) in [5.41, 5.74) is 0.773. The van der Waals surface area contributed by atoms with Crippen molar-refractivity contribution in [1.82, 2.24) is 0 Å².